The molecule has 0 amide bonds. The number of esters is 1. The Morgan fingerprint density at radius 2 is 2.14 bits per heavy atom. The van der Waals surface area contributed by atoms with Crippen LogP contribution in [-0.2, 0) is 4.74 Å². The van der Waals surface area contributed by atoms with Crippen LogP contribution in [0.4, 0.5) is 5.69 Å². The maximum atomic E-state index is 12.2. The van der Waals surface area contributed by atoms with Gasteiger partial charge in [-0.25, -0.2) is 9.79 Å². The second-order valence-corrected chi connectivity index (χ2v) is 6.89. The van der Waals surface area contributed by atoms with Crippen LogP contribution >= 0.6 is 24.2 Å². The van der Waals surface area contributed by atoms with E-state index in [0.717, 1.165) is 34.1 Å². The highest BCUT2D eigenvalue weighted by Crippen LogP contribution is 2.25. The molecule has 0 fully saturated rings. The summed E-state index contributed by atoms with van der Waals surface area (Å²) in [5, 5.41) is 5.15. The minimum Gasteiger partial charge on any atom is -0.497 e. The normalized spacial score (nSPS) is 14.7. The molecule has 1 aromatic carbocycles. The average molecular weight is 423 g/mol. The summed E-state index contributed by atoms with van der Waals surface area (Å²) in [6.07, 6.45) is 0. The summed E-state index contributed by atoms with van der Waals surface area (Å²) in [5.74, 6) is 1.08. The number of ether oxygens (including phenoxy) is 2. The van der Waals surface area contributed by atoms with Crippen LogP contribution in [0.5, 0.6) is 5.75 Å². The van der Waals surface area contributed by atoms with Gasteiger partial charge in [-0.3, -0.25) is 5.43 Å². The molecule has 0 radical (unpaired) electrons. The van der Waals surface area contributed by atoms with Gasteiger partial charge >= 0.3 is 5.97 Å². The van der Waals surface area contributed by atoms with Crippen molar-refractivity contribution in [1.82, 2.24) is 10.4 Å². The van der Waals surface area contributed by atoms with Crippen LogP contribution in [0.1, 0.15) is 34.2 Å². The second kappa shape index (κ2) is 9.66. The van der Waals surface area contributed by atoms with Crippen LogP contribution in [0, 0.1) is 13.8 Å². The Labute approximate surface area is 174 Å². The maximum absolute atomic E-state index is 12.2. The summed E-state index contributed by atoms with van der Waals surface area (Å²) in [4.78, 5) is 20.0. The molecule has 1 aromatic heterocycles. The van der Waals surface area contributed by atoms with Gasteiger partial charge in [0.05, 0.1) is 36.4 Å². The second-order valence-electron chi connectivity index (χ2n) is 5.92. The van der Waals surface area contributed by atoms with Crippen molar-refractivity contribution in [3.63, 3.8) is 0 Å². The first-order valence-corrected chi connectivity index (χ1v) is 9.56. The van der Waals surface area contributed by atoms with Gasteiger partial charge in [0, 0.05) is 17.5 Å². The molecule has 0 aliphatic carbocycles. The Morgan fingerprint density at radius 1 is 1.36 bits per heavy atom. The van der Waals surface area contributed by atoms with E-state index in [0.29, 0.717) is 23.1 Å². The minimum absolute atomic E-state index is 0. The van der Waals surface area contributed by atoms with Crippen LogP contribution in [0.25, 0.3) is 0 Å². The molecule has 9 heteroatoms. The Bertz CT molecular complexity index is 924. The van der Waals surface area contributed by atoms with Gasteiger partial charge in [0.2, 0.25) is 0 Å². The lowest BCUT2D eigenvalue weighted by molar-refractivity contribution is 0.0525. The number of aliphatic imine (C=N–C) groups is 1. The van der Waals surface area contributed by atoms with E-state index in [1.807, 2.05) is 38.1 Å². The molecule has 2 N–H and O–H groups in total. The molecule has 0 saturated heterocycles. The molecule has 0 atom stereocenters. The quantitative estimate of drug-likeness (QED) is 0.712. The lowest BCUT2D eigenvalue weighted by Gasteiger charge is -2.14. The molecule has 28 heavy (non-hydrogen) atoms. The Morgan fingerprint density at radius 3 is 2.79 bits per heavy atom. The molecule has 0 saturated carbocycles. The van der Waals surface area contributed by atoms with E-state index >= 15 is 0 Å². The molecule has 150 valence electrons. The Kier molecular flexibility index (Phi) is 7.53. The average Bonchev–Trinajstić information content (AvgIpc) is 2.97. The number of methoxy groups -OCH3 is 1. The summed E-state index contributed by atoms with van der Waals surface area (Å²) in [5.41, 5.74) is 7.67. The highest BCUT2D eigenvalue weighted by atomic mass is 35.5. The zero-order chi connectivity index (χ0) is 19.4. The fraction of sp³-hybridized carbons (Fsp3) is 0.316. The van der Waals surface area contributed by atoms with Gasteiger partial charge in [-0.15, -0.1) is 12.4 Å². The van der Waals surface area contributed by atoms with Crippen molar-refractivity contribution in [2.75, 3.05) is 19.5 Å². The predicted molar refractivity (Wildman–Crippen MR) is 116 cm³/mol. The number of nitrogens with one attached hydrogen (secondary N) is 2. The first-order chi connectivity index (χ1) is 13.0. The number of hydrogen-bond donors (Lipinski definition) is 2. The first-order valence-electron chi connectivity index (χ1n) is 8.58. The van der Waals surface area contributed by atoms with E-state index in [9.17, 15) is 4.79 Å². The molecule has 2 aromatic rings. The van der Waals surface area contributed by atoms with Gasteiger partial charge in [0.15, 0.2) is 5.17 Å². The number of hydrogen-bond acceptors (Lipinski definition) is 6. The first kappa shape index (κ1) is 21.8. The molecule has 3 rings (SSSR count). The van der Waals surface area contributed by atoms with Crippen molar-refractivity contribution in [1.29, 1.82) is 0 Å². The van der Waals surface area contributed by atoms with Gasteiger partial charge in [0.1, 0.15) is 5.75 Å². The molecular weight excluding hydrogens is 400 g/mol. The van der Waals surface area contributed by atoms with E-state index in [1.54, 1.807) is 25.8 Å². The van der Waals surface area contributed by atoms with E-state index in [1.165, 1.54) is 0 Å². The molecular formula is C19H23ClN4O3S. The molecule has 0 spiro atoms. The van der Waals surface area contributed by atoms with Crippen molar-refractivity contribution in [3.05, 3.63) is 46.8 Å². The van der Waals surface area contributed by atoms with Crippen molar-refractivity contribution < 1.29 is 14.3 Å². The topological polar surface area (TPSA) is 88.1 Å². The fourth-order valence-electron chi connectivity index (χ4n) is 2.85. The number of carbonyl (C=O) groups is 1. The summed E-state index contributed by atoms with van der Waals surface area (Å²) in [7, 11) is 1.63. The molecule has 1 aliphatic rings. The van der Waals surface area contributed by atoms with Crippen molar-refractivity contribution in [2.45, 2.75) is 20.8 Å². The number of benzene rings is 1. The van der Waals surface area contributed by atoms with Crippen LogP contribution in [0.2, 0.25) is 0 Å². The number of carbonyl (C=O) groups excluding carboxylic acids is 1. The lowest BCUT2D eigenvalue weighted by atomic mass is 10.1. The molecule has 0 unspecified atom stereocenters. The molecule has 7 nitrogen and oxygen atoms in total. The SMILES string of the molecule is CCOC(=O)c1c(C)[nH]c(C2=NNC(=Nc3cccc(OC)c3)SC2)c1C.Cl. The number of nitrogens with zero attached hydrogens (tertiary/aromatic N) is 2. The number of halogens is 1. The molecule has 0 bridgehead atoms. The number of aryl methyl sites for hydroxylation is 1. The summed E-state index contributed by atoms with van der Waals surface area (Å²) in [6.45, 7) is 5.91. The lowest BCUT2D eigenvalue weighted by Crippen LogP contribution is -2.25. The predicted octanol–water partition coefficient (Wildman–Crippen LogP) is 3.97. The van der Waals surface area contributed by atoms with Crippen molar-refractivity contribution in [2.24, 2.45) is 10.1 Å². The third-order valence-corrected chi connectivity index (χ3v) is 5.00. The smallest absolute Gasteiger partial charge is 0.340 e. The highest BCUT2D eigenvalue weighted by molar-refractivity contribution is 8.14. The Balaban J connectivity index is 0.00000280. The number of aromatic amines is 1. The molecule has 1 aliphatic heterocycles. The number of rotatable bonds is 5. The zero-order valence-electron chi connectivity index (χ0n) is 16.2. The fourth-order valence-corrected chi connectivity index (χ4v) is 3.61. The third kappa shape index (κ3) is 4.69. The third-order valence-electron chi connectivity index (χ3n) is 4.12. The Hall–Kier alpha value is -2.45. The number of aromatic nitrogens is 1. The number of thioether (sulfide) groups is 1. The van der Waals surface area contributed by atoms with E-state index in [-0.39, 0.29) is 18.4 Å². The van der Waals surface area contributed by atoms with Crippen molar-refractivity contribution in [3.8, 4) is 5.75 Å². The maximum Gasteiger partial charge on any atom is 0.340 e. The van der Waals surface area contributed by atoms with E-state index < -0.39 is 0 Å². The zero-order valence-corrected chi connectivity index (χ0v) is 17.8. The van der Waals surface area contributed by atoms with E-state index in [2.05, 4.69) is 20.5 Å². The summed E-state index contributed by atoms with van der Waals surface area (Å²) < 4.78 is 10.4. The van der Waals surface area contributed by atoms with E-state index in [4.69, 9.17) is 9.47 Å². The van der Waals surface area contributed by atoms with Gasteiger partial charge in [-0.2, -0.15) is 5.10 Å². The number of hydrazone groups is 1. The molecule has 2 heterocycles. The van der Waals surface area contributed by atoms with Gasteiger partial charge in [-0.1, -0.05) is 17.8 Å². The van der Waals surface area contributed by atoms with Gasteiger partial charge in [-0.05, 0) is 38.5 Å². The van der Waals surface area contributed by atoms with Gasteiger partial charge in [0.25, 0.3) is 0 Å². The van der Waals surface area contributed by atoms with Crippen molar-refractivity contribution >= 4 is 46.7 Å². The van der Waals surface area contributed by atoms with Gasteiger partial charge < -0.3 is 14.5 Å². The minimum atomic E-state index is -0.313. The summed E-state index contributed by atoms with van der Waals surface area (Å²) in [6, 6.07) is 7.53. The monoisotopic (exact) mass is 422 g/mol. The largest absolute Gasteiger partial charge is 0.497 e. The highest BCUT2D eigenvalue weighted by Gasteiger charge is 2.23. The van der Waals surface area contributed by atoms with Crippen LogP contribution in [0.3, 0.4) is 0 Å². The number of amidine groups is 1. The standard InChI is InChI=1S/C19H22N4O3S.ClH/c1-5-26-18(24)16-11(2)17(20-12(16)3)15-10-27-19(23-22-15)21-13-7-6-8-14(9-13)25-4;/h6-9,20H,5,10H2,1-4H3,(H,21,23);1H. The van der Waals surface area contributed by atoms with Crippen LogP contribution in [-0.4, -0.2) is 41.3 Å². The summed E-state index contributed by atoms with van der Waals surface area (Å²) >= 11 is 1.55. The van der Waals surface area contributed by atoms with Crippen LogP contribution in [0.15, 0.2) is 34.4 Å². The van der Waals surface area contributed by atoms with Crippen LogP contribution < -0.4 is 10.2 Å². The number of H-pyrrole nitrogens is 1.